The molecule has 1 saturated carbocycles. The molecule has 4 nitrogen and oxygen atoms in total. The van der Waals surface area contributed by atoms with Crippen LogP contribution in [0.15, 0.2) is 24.4 Å². The maximum Gasteiger partial charge on any atom is 0.222 e. The monoisotopic (exact) mass is 301 g/mol. The van der Waals surface area contributed by atoms with Crippen molar-refractivity contribution in [3.63, 3.8) is 0 Å². The van der Waals surface area contributed by atoms with Crippen LogP contribution in [0.5, 0.6) is 0 Å². The van der Waals surface area contributed by atoms with E-state index >= 15 is 0 Å². The molecule has 2 heterocycles. The zero-order valence-corrected chi connectivity index (χ0v) is 13.4. The average molecular weight is 301 g/mol. The van der Waals surface area contributed by atoms with Gasteiger partial charge in [0.25, 0.3) is 0 Å². The maximum absolute atomic E-state index is 12.3. The van der Waals surface area contributed by atoms with E-state index in [0.717, 1.165) is 57.2 Å². The van der Waals surface area contributed by atoms with Crippen molar-refractivity contribution in [3.8, 4) is 0 Å². The third-order valence-electron chi connectivity index (χ3n) is 5.08. The van der Waals surface area contributed by atoms with Crippen molar-refractivity contribution in [1.29, 1.82) is 0 Å². The Hall–Kier alpha value is -1.42. The highest BCUT2D eigenvalue weighted by Crippen LogP contribution is 2.28. The van der Waals surface area contributed by atoms with E-state index in [-0.39, 0.29) is 0 Å². The van der Waals surface area contributed by atoms with Gasteiger partial charge in [-0.3, -0.25) is 14.7 Å². The summed E-state index contributed by atoms with van der Waals surface area (Å²) in [5.41, 5.74) is 1.11. The van der Waals surface area contributed by atoms with Crippen LogP contribution in [0.4, 0.5) is 0 Å². The lowest BCUT2D eigenvalue weighted by atomic mass is 10.0. The molecular formula is C18H27N3O. The topological polar surface area (TPSA) is 36.4 Å². The van der Waals surface area contributed by atoms with E-state index in [1.807, 2.05) is 18.3 Å². The Labute approximate surface area is 133 Å². The lowest BCUT2D eigenvalue weighted by molar-refractivity contribution is -0.133. The first-order chi connectivity index (χ1) is 10.8. The molecule has 1 aromatic rings. The highest BCUT2D eigenvalue weighted by atomic mass is 16.2. The molecule has 0 atom stereocenters. The first-order valence-electron chi connectivity index (χ1n) is 8.71. The number of amides is 1. The molecule has 2 fully saturated rings. The van der Waals surface area contributed by atoms with Crippen molar-refractivity contribution in [2.24, 2.45) is 5.92 Å². The van der Waals surface area contributed by atoms with Gasteiger partial charge in [0.05, 0.1) is 5.69 Å². The molecule has 22 heavy (non-hydrogen) atoms. The van der Waals surface area contributed by atoms with Gasteiger partial charge in [0.1, 0.15) is 0 Å². The number of carbonyl (C=O) groups excluding carboxylic acids is 1. The van der Waals surface area contributed by atoms with Gasteiger partial charge in [-0.2, -0.15) is 0 Å². The van der Waals surface area contributed by atoms with Crippen LogP contribution >= 0.6 is 0 Å². The number of aromatic nitrogens is 1. The Morgan fingerprint density at radius 2 is 1.91 bits per heavy atom. The van der Waals surface area contributed by atoms with Crippen LogP contribution in [-0.4, -0.2) is 46.9 Å². The number of hydrogen-bond donors (Lipinski definition) is 0. The molecule has 0 unspecified atom stereocenters. The minimum absolute atomic E-state index is 0.365. The van der Waals surface area contributed by atoms with Gasteiger partial charge in [-0.05, 0) is 24.5 Å². The van der Waals surface area contributed by atoms with Crippen LogP contribution in [0.3, 0.4) is 0 Å². The zero-order valence-electron chi connectivity index (χ0n) is 13.4. The summed E-state index contributed by atoms with van der Waals surface area (Å²) in [7, 11) is 0. The standard InChI is InChI=1S/C18H27N3O/c22-18(9-8-16-5-1-2-6-16)21-13-11-20(12-14-21)15-17-7-3-4-10-19-17/h3-4,7,10,16H,1-2,5-6,8-9,11-15H2. The van der Waals surface area contributed by atoms with E-state index in [4.69, 9.17) is 0 Å². The molecule has 1 saturated heterocycles. The SMILES string of the molecule is O=C(CCC1CCCC1)N1CCN(Cc2ccccn2)CC1. The van der Waals surface area contributed by atoms with Crippen molar-refractivity contribution >= 4 is 5.91 Å². The van der Waals surface area contributed by atoms with E-state index in [9.17, 15) is 4.79 Å². The van der Waals surface area contributed by atoms with Gasteiger partial charge in [0.15, 0.2) is 0 Å². The quantitative estimate of drug-likeness (QED) is 0.839. The third kappa shape index (κ3) is 4.29. The molecule has 2 aliphatic rings. The second kappa shape index (κ2) is 7.73. The number of rotatable bonds is 5. The van der Waals surface area contributed by atoms with Crippen LogP contribution in [-0.2, 0) is 11.3 Å². The van der Waals surface area contributed by atoms with E-state index in [1.165, 1.54) is 25.7 Å². The summed E-state index contributed by atoms with van der Waals surface area (Å²) in [5, 5.41) is 0. The minimum atomic E-state index is 0.365. The summed E-state index contributed by atoms with van der Waals surface area (Å²) in [6, 6.07) is 6.05. The third-order valence-corrected chi connectivity index (χ3v) is 5.08. The van der Waals surface area contributed by atoms with Gasteiger partial charge in [-0.15, -0.1) is 0 Å². The first-order valence-corrected chi connectivity index (χ1v) is 8.71. The fourth-order valence-electron chi connectivity index (χ4n) is 3.66. The smallest absolute Gasteiger partial charge is 0.222 e. The van der Waals surface area contributed by atoms with Gasteiger partial charge in [0, 0.05) is 45.3 Å². The van der Waals surface area contributed by atoms with Crippen molar-refractivity contribution in [2.45, 2.75) is 45.1 Å². The molecule has 0 bridgehead atoms. The van der Waals surface area contributed by atoms with Gasteiger partial charge in [-0.25, -0.2) is 0 Å². The van der Waals surface area contributed by atoms with E-state index in [1.54, 1.807) is 0 Å². The molecule has 3 rings (SSSR count). The fourth-order valence-corrected chi connectivity index (χ4v) is 3.66. The summed E-state index contributed by atoms with van der Waals surface area (Å²) >= 11 is 0. The van der Waals surface area contributed by atoms with Crippen molar-refractivity contribution in [2.75, 3.05) is 26.2 Å². The predicted octanol–water partition coefficient (Wildman–Crippen LogP) is 2.70. The molecule has 1 aliphatic heterocycles. The average Bonchev–Trinajstić information content (AvgIpc) is 3.08. The summed E-state index contributed by atoms with van der Waals surface area (Å²) in [6.45, 7) is 4.56. The second-order valence-electron chi connectivity index (χ2n) is 6.67. The largest absolute Gasteiger partial charge is 0.340 e. The summed E-state index contributed by atoms with van der Waals surface area (Å²) < 4.78 is 0. The fraction of sp³-hybridized carbons (Fsp3) is 0.667. The number of pyridine rings is 1. The number of nitrogens with zero attached hydrogens (tertiary/aromatic N) is 3. The lowest BCUT2D eigenvalue weighted by Crippen LogP contribution is -2.48. The minimum Gasteiger partial charge on any atom is -0.340 e. The zero-order chi connectivity index (χ0) is 15.2. The summed E-state index contributed by atoms with van der Waals surface area (Å²) in [5.74, 6) is 1.18. The summed E-state index contributed by atoms with van der Waals surface area (Å²) in [6.07, 6.45) is 9.11. The molecule has 0 aromatic carbocycles. The van der Waals surface area contributed by atoms with Gasteiger partial charge < -0.3 is 4.90 Å². The van der Waals surface area contributed by atoms with Crippen molar-refractivity contribution in [1.82, 2.24) is 14.8 Å². The highest BCUT2D eigenvalue weighted by Gasteiger charge is 2.22. The first kappa shape index (κ1) is 15.5. The Bertz CT molecular complexity index is 462. The van der Waals surface area contributed by atoms with Crippen molar-refractivity contribution in [3.05, 3.63) is 30.1 Å². The van der Waals surface area contributed by atoms with Crippen LogP contribution in [0.1, 0.15) is 44.2 Å². The van der Waals surface area contributed by atoms with Crippen LogP contribution in [0, 0.1) is 5.92 Å². The molecule has 0 N–H and O–H groups in total. The number of piperazine rings is 1. The second-order valence-corrected chi connectivity index (χ2v) is 6.67. The Balaban J connectivity index is 1.38. The molecule has 120 valence electrons. The Kier molecular flexibility index (Phi) is 5.43. The number of hydrogen-bond acceptors (Lipinski definition) is 3. The van der Waals surface area contributed by atoms with Crippen LogP contribution in [0.25, 0.3) is 0 Å². The predicted molar refractivity (Wildman–Crippen MR) is 87.3 cm³/mol. The normalized spacial score (nSPS) is 20.5. The Morgan fingerprint density at radius 3 is 2.59 bits per heavy atom. The molecule has 1 amide bonds. The molecular weight excluding hydrogens is 274 g/mol. The molecule has 1 aliphatic carbocycles. The molecule has 0 spiro atoms. The van der Waals surface area contributed by atoms with E-state index in [2.05, 4.69) is 20.9 Å². The van der Waals surface area contributed by atoms with Crippen LogP contribution in [0.2, 0.25) is 0 Å². The molecule has 1 aromatic heterocycles. The van der Waals surface area contributed by atoms with Gasteiger partial charge in [0.2, 0.25) is 5.91 Å². The lowest BCUT2D eigenvalue weighted by Gasteiger charge is -2.34. The Morgan fingerprint density at radius 1 is 1.14 bits per heavy atom. The van der Waals surface area contributed by atoms with Crippen LogP contribution < -0.4 is 0 Å². The van der Waals surface area contributed by atoms with E-state index < -0.39 is 0 Å². The van der Waals surface area contributed by atoms with Gasteiger partial charge >= 0.3 is 0 Å². The molecule has 0 radical (unpaired) electrons. The molecule has 4 heteroatoms. The van der Waals surface area contributed by atoms with E-state index in [0.29, 0.717) is 5.91 Å². The van der Waals surface area contributed by atoms with Gasteiger partial charge in [-0.1, -0.05) is 31.7 Å². The maximum atomic E-state index is 12.3. The highest BCUT2D eigenvalue weighted by molar-refractivity contribution is 5.76. The number of carbonyl (C=O) groups is 1. The van der Waals surface area contributed by atoms with Crippen molar-refractivity contribution < 1.29 is 4.79 Å². The summed E-state index contributed by atoms with van der Waals surface area (Å²) in [4.78, 5) is 21.1.